The highest BCUT2D eigenvalue weighted by atomic mass is 31.2. The second-order valence-corrected chi connectivity index (χ2v) is 32.9. The lowest BCUT2D eigenvalue weighted by Gasteiger charge is -2.21. The second kappa shape index (κ2) is 85.3. The van der Waals surface area contributed by atoms with Crippen molar-refractivity contribution in [1.82, 2.24) is 0 Å². The number of ether oxygens (including phenoxy) is 3. The number of unbranched alkanes of at least 4 members (excludes halogenated alkanes) is 42. The molecule has 0 heterocycles. The number of phosphoric acid groups is 2. The lowest BCUT2D eigenvalue weighted by Crippen LogP contribution is -2.30. The van der Waals surface area contributed by atoms with E-state index in [0.29, 0.717) is 19.3 Å². The Morgan fingerprint density at radius 3 is 0.784 bits per heavy atom. The van der Waals surface area contributed by atoms with Crippen molar-refractivity contribution < 1.29 is 75.8 Å². The quantitative estimate of drug-likeness (QED) is 0.0146. The normalized spacial score (nSPS) is 14.4. The number of aliphatic hydroxyl groups is 2. The van der Waals surface area contributed by atoms with Crippen molar-refractivity contribution >= 4 is 33.6 Å². The van der Waals surface area contributed by atoms with Crippen LogP contribution in [-0.4, -0.2) is 95.9 Å². The van der Waals surface area contributed by atoms with Gasteiger partial charge in [0.15, 0.2) is 6.10 Å². The van der Waals surface area contributed by atoms with Crippen molar-refractivity contribution in [3.05, 3.63) is 122 Å². The summed E-state index contributed by atoms with van der Waals surface area (Å²) in [7, 11) is -9.80. The van der Waals surface area contributed by atoms with Crippen LogP contribution in [0.2, 0.25) is 0 Å². The second-order valence-electron chi connectivity index (χ2n) is 30.0. The predicted octanol–water partition coefficient (Wildman–Crippen LogP) is 27.2. The average Bonchev–Trinajstić information content (AvgIpc) is 0.908. The van der Waals surface area contributed by atoms with Gasteiger partial charge in [0.2, 0.25) is 0 Å². The maximum absolute atomic E-state index is 13.0. The third-order valence-corrected chi connectivity index (χ3v) is 21.0. The van der Waals surface area contributed by atoms with E-state index in [0.717, 1.165) is 135 Å². The molecule has 642 valence electrons. The van der Waals surface area contributed by atoms with Crippen LogP contribution >= 0.6 is 15.6 Å². The molecule has 0 aromatic carbocycles. The fraction of sp³-hybridized carbons (Fsp3) is 0.753. The van der Waals surface area contributed by atoms with E-state index in [4.69, 9.17) is 32.3 Å². The third kappa shape index (κ3) is 86.6. The average molecular weight is 1600 g/mol. The topological polar surface area (TPSA) is 231 Å². The summed E-state index contributed by atoms with van der Waals surface area (Å²) in [6, 6.07) is 0. The lowest BCUT2D eigenvalue weighted by molar-refractivity contribution is -0.161. The van der Waals surface area contributed by atoms with Crippen molar-refractivity contribution in [2.24, 2.45) is 0 Å². The van der Waals surface area contributed by atoms with Gasteiger partial charge in [-0.25, -0.2) is 9.13 Å². The zero-order valence-corrected chi connectivity index (χ0v) is 72.4. The largest absolute Gasteiger partial charge is 0.472 e. The molecule has 111 heavy (non-hydrogen) atoms. The van der Waals surface area contributed by atoms with Crippen LogP contribution in [0.5, 0.6) is 0 Å². The van der Waals surface area contributed by atoms with Gasteiger partial charge in [-0.2, -0.15) is 0 Å². The first-order chi connectivity index (χ1) is 54.2. The Balaban J connectivity index is 4.47. The molecular formula is C93H164O16P2. The number of esters is 3. The molecule has 0 rings (SSSR count). The molecule has 0 fully saturated rings. The summed E-state index contributed by atoms with van der Waals surface area (Å²) in [6.45, 7) is 2.58. The van der Waals surface area contributed by atoms with Gasteiger partial charge in [0.05, 0.1) is 26.4 Å². The summed E-state index contributed by atoms with van der Waals surface area (Å²) in [4.78, 5) is 58.9. The molecule has 18 heteroatoms. The first-order valence-corrected chi connectivity index (χ1v) is 47.8. The van der Waals surface area contributed by atoms with Gasteiger partial charge in [-0.05, 0) is 135 Å². The van der Waals surface area contributed by atoms with E-state index in [1.165, 1.54) is 199 Å². The summed E-state index contributed by atoms with van der Waals surface area (Å²) in [6.07, 6.45) is 104. The van der Waals surface area contributed by atoms with Crippen LogP contribution in [0.4, 0.5) is 0 Å². The molecule has 16 nitrogen and oxygen atoms in total. The maximum Gasteiger partial charge on any atom is 0.472 e. The number of hydrogen-bond donors (Lipinski definition) is 4. The molecule has 0 aromatic heterocycles. The molecule has 0 saturated carbocycles. The molecule has 0 radical (unpaired) electrons. The number of carbonyl (C=O) groups excluding carboxylic acids is 3. The van der Waals surface area contributed by atoms with E-state index < -0.39 is 91.5 Å². The first-order valence-electron chi connectivity index (χ1n) is 44.8. The van der Waals surface area contributed by atoms with Gasteiger partial charge >= 0.3 is 33.6 Å². The SMILES string of the molecule is CC/C=C\C/C=C\C/C=C\C/C=C\C/C=C\CCCCCCCCCCCCCCCCCC(=O)OCC(O)COP(=O)(O)OCC(O)COP(=O)(O)OCC(COC(=O)CCCCCCCCCCCCCCC/C=C\C/C=C\C/C=C\C/C=C\CCCCC)OC(=O)CCCCCCC/C=C\CCCCCCCC. The van der Waals surface area contributed by atoms with Crippen molar-refractivity contribution in [2.45, 2.75) is 411 Å². The number of carbonyl (C=O) groups is 3. The minimum atomic E-state index is -4.94. The van der Waals surface area contributed by atoms with Crippen LogP contribution in [-0.2, 0) is 55.8 Å². The summed E-state index contributed by atoms with van der Waals surface area (Å²) in [5.74, 6) is -1.57. The smallest absolute Gasteiger partial charge is 0.463 e. The van der Waals surface area contributed by atoms with Crippen LogP contribution < -0.4 is 0 Å². The summed E-state index contributed by atoms with van der Waals surface area (Å²) in [5.41, 5.74) is 0. The van der Waals surface area contributed by atoms with Crippen LogP contribution in [0.15, 0.2) is 122 Å². The van der Waals surface area contributed by atoms with E-state index in [9.17, 15) is 43.5 Å². The van der Waals surface area contributed by atoms with Crippen LogP contribution in [0.3, 0.4) is 0 Å². The first kappa shape index (κ1) is 107. The van der Waals surface area contributed by atoms with Gasteiger partial charge in [0, 0.05) is 19.3 Å². The maximum atomic E-state index is 13.0. The number of phosphoric ester groups is 2. The van der Waals surface area contributed by atoms with Gasteiger partial charge in [0.25, 0.3) is 0 Å². The van der Waals surface area contributed by atoms with Crippen molar-refractivity contribution in [2.75, 3.05) is 39.6 Å². The van der Waals surface area contributed by atoms with Crippen molar-refractivity contribution in [1.29, 1.82) is 0 Å². The number of aliphatic hydroxyl groups excluding tert-OH is 2. The van der Waals surface area contributed by atoms with E-state index in [-0.39, 0.29) is 19.3 Å². The van der Waals surface area contributed by atoms with Gasteiger partial charge in [0.1, 0.15) is 25.4 Å². The number of rotatable bonds is 85. The highest BCUT2D eigenvalue weighted by molar-refractivity contribution is 7.47. The Hall–Kier alpha value is -4.05. The molecule has 0 amide bonds. The fourth-order valence-corrected chi connectivity index (χ4v) is 13.9. The monoisotopic (exact) mass is 1600 g/mol. The Morgan fingerprint density at radius 1 is 0.261 bits per heavy atom. The molecule has 5 atom stereocenters. The molecule has 0 aliphatic heterocycles. The highest BCUT2D eigenvalue weighted by Gasteiger charge is 2.29. The predicted molar refractivity (Wildman–Crippen MR) is 463 cm³/mol. The third-order valence-electron chi connectivity index (χ3n) is 19.1. The molecule has 0 aliphatic rings. The fourth-order valence-electron chi connectivity index (χ4n) is 12.3. The Morgan fingerprint density at radius 2 is 0.477 bits per heavy atom. The van der Waals surface area contributed by atoms with Gasteiger partial charge in [-0.1, -0.05) is 361 Å². The Kier molecular flexibility index (Phi) is 82.2. The molecular weight excluding hydrogens is 1430 g/mol. The van der Waals surface area contributed by atoms with Crippen molar-refractivity contribution in [3.63, 3.8) is 0 Å². The number of allylic oxidation sites excluding steroid dienone is 20. The minimum absolute atomic E-state index is 0.0955. The zero-order chi connectivity index (χ0) is 80.8. The van der Waals surface area contributed by atoms with Gasteiger partial charge in [-0.3, -0.25) is 32.5 Å². The molecule has 4 N–H and O–H groups in total. The molecule has 0 spiro atoms. The van der Waals surface area contributed by atoms with Crippen LogP contribution in [0.25, 0.3) is 0 Å². The molecule has 5 unspecified atom stereocenters. The van der Waals surface area contributed by atoms with E-state index in [2.05, 4.69) is 142 Å². The standard InChI is InChI=1S/C93H164O16P2/c1-4-7-10-13-16-19-22-25-28-30-32-34-36-38-40-42-43-45-47-48-50-52-54-56-59-61-64-67-70-73-76-79-91(96)103-82-88(94)83-105-110(99,100)106-84-89(95)85-107-111(101,102)108-87-90(109-93(98)81-78-75-72-69-66-63-58-27-24-21-18-15-12-9-6-3)86-104-92(97)80-77-74-71-68-65-62-60-57-55-53-51-49-46-44-41-39-37-35-33-31-29-26-23-20-17-14-11-8-5-2/h7,10,16-17,19-20,25-29,32-35,38-41,58,88-90,94-95H,4-6,8-9,11-15,18,21-24,30-31,36-37,42-57,59-87H2,1-3H3,(H,99,100)(H,101,102)/b10-7-,19-16-,20-17-,28-25-,29-26-,34-32-,35-33-,40-38-,41-39-,58-27-. The zero-order valence-electron chi connectivity index (χ0n) is 70.6. The van der Waals surface area contributed by atoms with Crippen LogP contribution in [0.1, 0.15) is 393 Å². The summed E-state index contributed by atoms with van der Waals surface area (Å²) in [5, 5.41) is 20.7. The summed E-state index contributed by atoms with van der Waals surface area (Å²) < 4.78 is 61.4. The number of hydrogen-bond acceptors (Lipinski definition) is 14. The highest BCUT2D eigenvalue weighted by Crippen LogP contribution is 2.45. The lowest BCUT2D eigenvalue weighted by atomic mass is 10.0. The Bertz CT molecular complexity index is 2500. The molecule has 0 aromatic rings. The minimum Gasteiger partial charge on any atom is -0.463 e. The van der Waals surface area contributed by atoms with E-state index in [1.807, 2.05) is 0 Å². The van der Waals surface area contributed by atoms with E-state index in [1.54, 1.807) is 0 Å². The van der Waals surface area contributed by atoms with Gasteiger partial charge in [-0.15, -0.1) is 0 Å². The van der Waals surface area contributed by atoms with Crippen LogP contribution in [0, 0.1) is 0 Å². The molecule has 0 bridgehead atoms. The van der Waals surface area contributed by atoms with Crippen molar-refractivity contribution in [3.8, 4) is 0 Å². The molecule has 0 saturated heterocycles. The van der Waals surface area contributed by atoms with E-state index >= 15 is 0 Å². The summed E-state index contributed by atoms with van der Waals surface area (Å²) >= 11 is 0. The van der Waals surface area contributed by atoms with Gasteiger partial charge < -0.3 is 34.2 Å². The Labute approximate surface area is 678 Å². The molecule has 0 aliphatic carbocycles.